The average molecular weight is 298 g/mol. The quantitative estimate of drug-likeness (QED) is 0.804. The molecule has 106 valence electrons. The van der Waals surface area contributed by atoms with E-state index in [9.17, 15) is 4.79 Å². The second kappa shape index (κ2) is 5.88. The zero-order chi connectivity index (χ0) is 14.7. The molecule has 0 aliphatic carbocycles. The minimum atomic E-state index is -0.182. The number of aryl methyl sites for hydroxylation is 1. The van der Waals surface area contributed by atoms with Crippen LogP contribution in [-0.4, -0.2) is 20.7 Å². The number of pyridine rings is 1. The summed E-state index contributed by atoms with van der Waals surface area (Å²) in [5.41, 5.74) is 3.06. The summed E-state index contributed by atoms with van der Waals surface area (Å²) < 4.78 is 1.71. The molecule has 0 atom stereocenters. The number of amides is 1. The minimum absolute atomic E-state index is 0.182. The molecule has 1 amide bonds. The molecule has 1 N–H and O–H groups in total. The zero-order valence-corrected chi connectivity index (χ0v) is 12.3. The van der Waals surface area contributed by atoms with Crippen LogP contribution in [0, 0.1) is 0 Å². The Labute approximate surface area is 126 Å². The highest BCUT2D eigenvalue weighted by molar-refractivity contribution is 7.08. The lowest BCUT2D eigenvalue weighted by molar-refractivity contribution is 0.101. The molecule has 0 unspecified atom stereocenters. The van der Waals surface area contributed by atoms with Gasteiger partial charge in [-0.15, -0.1) is 0 Å². The first kappa shape index (κ1) is 13.5. The first-order chi connectivity index (χ1) is 10.3. The van der Waals surface area contributed by atoms with Gasteiger partial charge in [-0.1, -0.05) is 0 Å². The third-order valence-corrected chi connectivity index (χ3v) is 3.73. The zero-order valence-electron chi connectivity index (χ0n) is 11.5. The van der Waals surface area contributed by atoms with Gasteiger partial charge in [0, 0.05) is 23.7 Å². The van der Waals surface area contributed by atoms with Crippen LogP contribution in [0.1, 0.15) is 17.4 Å². The van der Waals surface area contributed by atoms with Crippen molar-refractivity contribution in [2.24, 2.45) is 0 Å². The summed E-state index contributed by atoms with van der Waals surface area (Å²) in [4.78, 5) is 16.4. The normalized spacial score (nSPS) is 10.5. The van der Waals surface area contributed by atoms with Crippen LogP contribution in [-0.2, 0) is 6.54 Å². The smallest absolute Gasteiger partial charge is 0.273 e. The summed E-state index contributed by atoms with van der Waals surface area (Å²) in [5.74, 6) is -0.182. The van der Waals surface area contributed by atoms with Gasteiger partial charge < -0.3 is 5.32 Å². The molecule has 0 bridgehead atoms. The highest BCUT2D eigenvalue weighted by atomic mass is 32.1. The van der Waals surface area contributed by atoms with Crippen LogP contribution in [0.3, 0.4) is 0 Å². The summed E-state index contributed by atoms with van der Waals surface area (Å²) in [7, 11) is 0. The molecule has 3 aromatic rings. The summed E-state index contributed by atoms with van der Waals surface area (Å²) in [6, 6.07) is 7.40. The van der Waals surface area contributed by atoms with E-state index in [-0.39, 0.29) is 5.91 Å². The van der Waals surface area contributed by atoms with Gasteiger partial charge in [-0.05, 0) is 36.6 Å². The molecule has 0 saturated heterocycles. The molecule has 21 heavy (non-hydrogen) atoms. The third kappa shape index (κ3) is 2.85. The van der Waals surface area contributed by atoms with Crippen LogP contribution in [0.4, 0.5) is 5.69 Å². The van der Waals surface area contributed by atoms with E-state index in [2.05, 4.69) is 15.4 Å². The van der Waals surface area contributed by atoms with E-state index in [1.807, 2.05) is 29.8 Å². The van der Waals surface area contributed by atoms with Crippen molar-refractivity contribution in [1.82, 2.24) is 14.8 Å². The van der Waals surface area contributed by atoms with Crippen molar-refractivity contribution in [3.05, 3.63) is 53.1 Å². The highest BCUT2D eigenvalue weighted by Gasteiger charge is 2.15. The van der Waals surface area contributed by atoms with Gasteiger partial charge in [0.05, 0.1) is 17.6 Å². The molecule has 3 heterocycles. The largest absolute Gasteiger partial charge is 0.319 e. The predicted octanol–water partition coefficient (Wildman–Crippen LogP) is 3.28. The Morgan fingerprint density at radius 2 is 2.33 bits per heavy atom. The first-order valence-corrected chi connectivity index (χ1v) is 7.54. The van der Waals surface area contributed by atoms with Gasteiger partial charge in [0.25, 0.3) is 5.91 Å². The van der Waals surface area contributed by atoms with Crippen molar-refractivity contribution in [2.45, 2.75) is 13.5 Å². The Morgan fingerprint density at radius 1 is 1.43 bits per heavy atom. The maximum atomic E-state index is 12.4. The number of carbonyl (C=O) groups excluding carboxylic acids is 1. The maximum Gasteiger partial charge on any atom is 0.273 e. The average Bonchev–Trinajstić information content (AvgIpc) is 3.17. The molecule has 0 aliphatic heterocycles. The number of aromatic nitrogens is 3. The molecule has 0 radical (unpaired) electrons. The Hall–Kier alpha value is -2.47. The van der Waals surface area contributed by atoms with Crippen LogP contribution in [0.5, 0.6) is 0 Å². The van der Waals surface area contributed by atoms with Crippen molar-refractivity contribution < 1.29 is 4.79 Å². The summed E-state index contributed by atoms with van der Waals surface area (Å²) in [5, 5.41) is 11.3. The van der Waals surface area contributed by atoms with E-state index in [0.717, 1.165) is 11.3 Å². The molecule has 3 aromatic heterocycles. The lowest BCUT2D eigenvalue weighted by Gasteiger charge is -2.05. The van der Waals surface area contributed by atoms with Gasteiger partial charge in [-0.2, -0.15) is 16.4 Å². The lowest BCUT2D eigenvalue weighted by atomic mass is 10.2. The van der Waals surface area contributed by atoms with Crippen molar-refractivity contribution in [3.63, 3.8) is 0 Å². The van der Waals surface area contributed by atoms with Crippen molar-refractivity contribution >= 4 is 22.9 Å². The molecule has 6 heteroatoms. The van der Waals surface area contributed by atoms with Gasteiger partial charge in [-0.3, -0.25) is 14.5 Å². The summed E-state index contributed by atoms with van der Waals surface area (Å²) >= 11 is 1.61. The number of carbonyl (C=O) groups is 1. The monoisotopic (exact) mass is 298 g/mol. The number of rotatable bonds is 4. The minimum Gasteiger partial charge on any atom is -0.319 e. The van der Waals surface area contributed by atoms with E-state index in [0.29, 0.717) is 17.9 Å². The van der Waals surface area contributed by atoms with Gasteiger partial charge in [0.15, 0.2) is 0 Å². The topological polar surface area (TPSA) is 59.8 Å². The van der Waals surface area contributed by atoms with Crippen molar-refractivity contribution in [1.29, 1.82) is 0 Å². The van der Waals surface area contributed by atoms with Gasteiger partial charge in [-0.25, -0.2) is 0 Å². The van der Waals surface area contributed by atoms with E-state index in [1.54, 1.807) is 40.5 Å². The van der Waals surface area contributed by atoms with E-state index >= 15 is 0 Å². The number of anilines is 1. The molecule has 0 fully saturated rings. The summed E-state index contributed by atoms with van der Waals surface area (Å²) in [6.07, 6.45) is 3.28. The molecule has 5 nitrogen and oxygen atoms in total. The second-order valence-corrected chi connectivity index (χ2v) is 5.22. The standard InChI is InChI=1S/C15H14N4OS/c1-2-19-14(8-13(18-19)11-5-7-21-10-11)15(20)17-12-4-3-6-16-9-12/h3-10H,2H2,1H3,(H,17,20). The predicted molar refractivity (Wildman–Crippen MR) is 83.4 cm³/mol. The van der Waals surface area contributed by atoms with Crippen LogP contribution in [0.25, 0.3) is 11.3 Å². The molecule has 3 rings (SSSR count). The number of nitrogens with one attached hydrogen (secondary N) is 1. The Kier molecular flexibility index (Phi) is 3.79. The number of thiophene rings is 1. The van der Waals surface area contributed by atoms with Crippen molar-refractivity contribution in [3.8, 4) is 11.3 Å². The molecule has 0 aliphatic rings. The van der Waals surface area contributed by atoms with E-state index < -0.39 is 0 Å². The molecule has 0 saturated carbocycles. The number of hydrogen-bond acceptors (Lipinski definition) is 4. The van der Waals surface area contributed by atoms with Gasteiger partial charge in [0.2, 0.25) is 0 Å². The van der Waals surface area contributed by atoms with E-state index in [1.165, 1.54) is 0 Å². The third-order valence-electron chi connectivity index (χ3n) is 3.05. The first-order valence-electron chi connectivity index (χ1n) is 6.59. The molecule has 0 aromatic carbocycles. The number of hydrogen-bond donors (Lipinski definition) is 1. The fraction of sp³-hybridized carbons (Fsp3) is 0.133. The number of nitrogens with zero attached hydrogens (tertiary/aromatic N) is 3. The Morgan fingerprint density at radius 3 is 3.00 bits per heavy atom. The lowest BCUT2D eigenvalue weighted by Crippen LogP contribution is -2.17. The van der Waals surface area contributed by atoms with Crippen LogP contribution in [0.2, 0.25) is 0 Å². The maximum absolute atomic E-state index is 12.4. The van der Waals surface area contributed by atoms with Crippen LogP contribution in [0.15, 0.2) is 47.4 Å². The Balaban J connectivity index is 1.89. The van der Waals surface area contributed by atoms with Crippen LogP contribution >= 0.6 is 11.3 Å². The Bertz CT molecular complexity index is 734. The second-order valence-electron chi connectivity index (χ2n) is 4.44. The van der Waals surface area contributed by atoms with E-state index in [4.69, 9.17) is 0 Å². The van der Waals surface area contributed by atoms with Gasteiger partial charge in [0.1, 0.15) is 5.69 Å². The van der Waals surface area contributed by atoms with Crippen LogP contribution < -0.4 is 5.32 Å². The molecule has 0 spiro atoms. The fourth-order valence-electron chi connectivity index (χ4n) is 2.02. The summed E-state index contributed by atoms with van der Waals surface area (Å²) in [6.45, 7) is 2.60. The SMILES string of the molecule is CCn1nc(-c2ccsc2)cc1C(=O)Nc1cccnc1. The van der Waals surface area contributed by atoms with Crippen molar-refractivity contribution in [2.75, 3.05) is 5.32 Å². The molecular formula is C15H14N4OS. The molecular weight excluding hydrogens is 284 g/mol. The highest BCUT2D eigenvalue weighted by Crippen LogP contribution is 2.22. The van der Waals surface area contributed by atoms with Gasteiger partial charge >= 0.3 is 0 Å². The fourth-order valence-corrected chi connectivity index (χ4v) is 2.67.